The third-order valence-electron chi connectivity index (χ3n) is 2.65. The number of allylic oxidation sites excluding steroid dienone is 6. The zero-order chi connectivity index (χ0) is 9.03. The van der Waals surface area contributed by atoms with Crippen LogP contribution in [0.1, 0.15) is 33.6 Å². The Labute approximate surface area is 75.7 Å². The molecule has 66 valence electrons. The second-order valence-electron chi connectivity index (χ2n) is 3.93. The molecule has 0 unspecified atom stereocenters. The van der Waals surface area contributed by atoms with Crippen LogP contribution in [0.25, 0.3) is 0 Å². The lowest BCUT2D eigenvalue weighted by Crippen LogP contribution is -2.11. The molecule has 1 rings (SSSR count). The molecule has 0 nitrogen and oxygen atoms in total. The maximum atomic E-state index is 2.29. The Hall–Kier alpha value is -0.780. The monoisotopic (exact) mass is 162 g/mol. The summed E-state index contributed by atoms with van der Waals surface area (Å²) in [5.41, 5.74) is 1.77. The quantitative estimate of drug-likeness (QED) is 0.578. The Bertz CT molecular complexity index is 226. The van der Waals surface area contributed by atoms with Crippen molar-refractivity contribution in [2.75, 3.05) is 0 Å². The van der Waals surface area contributed by atoms with E-state index < -0.39 is 0 Å². The van der Waals surface area contributed by atoms with Crippen molar-refractivity contribution in [2.24, 2.45) is 5.41 Å². The Kier molecular flexibility index (Phi) is 2.91. The first-order valence-corrected chi connectivity index (χ1v) is 4.70. The van der Waals surface area contributed by atoms with Gasteiger partial charge in [0.05, 0.1) is 0 Å². The summed E-state index contributed by atoms with van der Waals surface area (Å²) in [5, 5.41) is 0. The standard InChI is InChI=1S/C12H18/c1-4-12(2,3)11-9-7-5-6-8-10-11/h5,7-10H,4,6H2,1-3H3. The molecule has 0 aromatic heterocycles. The van der Waals surface area contributed by atoms with E-state index in [1.165, 1.54) is 12.0 Å². The lowest BCUT2D eigenvalue weighted by Gasteiger charge is -2.23. The van der Waals surface area contributed by atoms with E-state index in [9.17, 15) is 0 Å². The fourth-order valence-corrected chi connectivity index (χ4v) is 1.23. The third kappa shape index (κ3) is 2.10. The van der Waals surface area contributed by atoms with Crippen molar-refractivity contribution in [3.05, 3.63) is 36.0 Å². The van der Waals surface area contributed by atoms with Crippen LogP contribution >= 0.6 is 0 Å². The van der Waals surface area contributed by atoms with Gasteiger partial charge in [0.2, 0.25) is 0 Å². The van der Waals surface area contributed by atoms with Gasteiger partial charge in [-0.2, -0.15) is 0 Å². The molecule has 0 heteroatoms. The van der Waals surface area contributed by atoms with Gasteiger partial charge in [-0.1, -0.05) is 51.2 Å². The maximum Gasteiger partial charge on any atom is -0.0106 e. The van der Waals surface area contributed by atoms with Gasteiger partial charge in [-0.3, -0.25) is 0 Å². The summed E-state index contributed by atoms with van der Waals surface area (Å²) in [6.45, 7) is 6.83. The van der Waals surface area contributed by atoms with Crippen LogP contribution in [0, 0.1) is 5.41 Å². The van der Waals surface area contributed by atoms with E-state index >= 15 is 0 Å². The van der Waals surface area contributed by atoms with Crippen LogP contribution in [-0.2, 0) is 0 Å². The number of hydrogen-bond donors (Lipinski definition) is 0. The zero-order valence-corrected chi connectivity index (χ0v) is 8.30. The molecule has 0 aliphatic heterocycles. The lowest BCUT2D eigenvalue weighted by atomic mass is 9.81. The zero-order valence-electron chi connectivity index (χ0n) is 8.30. The Morgan fingerprint density at radius 2 is 2.08 bits per heavy atom. The summed E-state index contributed by atoms with van der Waals surface area (Å²) in [5.74, 6) is 0. The molecule has 0 aromatic carbocycles. The molecule has 0 saturated carbocycles. The summed E-state index contributed by atoms with van der Waals surface area (Å²) in [6.07, 6.45) is 13.3. The van der Waals surface area contributed by atoms with Gasteiger partial charge in [-0.25, -0.2) is 0 Å². The van der Waals surface area contributed by atoms with Crippen LogP contribution in [0.2, 0.25) is 0 Å². The molecule has 0 aromatic rings. The topological polar surface area (TPSA) is 0 Å². The second-order valence-corrected chi connectivity index (χ2v) is 3.93. The predicted octanol–water partition coefficient (Wildman–Crippen LogP) is 3.87. The second kappa shape index (κ2) is 3.75. The molecular weight excluding hydrogens is 144 g/mol. The molecular formula is C12H18. The Morgan fingerprint density at radius 1 is 1.33 bits per heavy atom. The molecule has 0 saturated heterocycles. The first-order valence-electron chi connectivity index (χ1n) is 4.70. The fourth-order valence-electron chi connectivity index (χ4n) is 1.23. The van der Waals surface area contributed by atoms with Crippen LogP contribution in [-0.4, -0.2) is 0 Å². The van der Waals surface area contributed by atoms with Crippen molar-refractivity contribution in [3.63, 3.8) is 0 Å². The summed E-state index contributed by atoms with van der Waals surface area (Å²) < 4.78 is 0. The summed E-state index contributed by atoms with van der Waals surface area (Å²) in [4.78, 5) is 0. The maximum absolute atomic E-state index is 2.29. The number of rotatable bonds is 2. The van der Waals surface area contributed by atoms with Crippen molar-refractivity contribution in [1.82, 2.24) is 0 Å². The van der Waals surface area contributed by atoms with Crippen LogP contribution in [0.15, 0.2) is 36.0 Å². The Morgan fingerprint density at radius 3 is 2.75 bits per heavy atom. The van der Waals surface area contributed by atoms with Crippen molar-refractivity contribution >= 4 is 0 Å². The molecule has 0 bridgehead atoms. The van der Waals surface area contributed by atoms with E-state index in [0.717, 1.165) is 6.42 Å². The highest BCUT2D eigenvalue weighted by atomic mass is 14.2. The van der Waals surface area contributed by atoms with E-state index in [0.29, 0.717) is 5.41 Å². The lowest BCUT2D eigenvalue weighted by molar-refractivity contribution is 0.440. The highest BCUT2D eigenvalue weighted by Gasteiger charge is 2.18. The molecule has 0 atom stereocenters. The van der Waals surface area contributed by atoms with Gasteiger partial charge in [-0.15, -0.1) is 0 Å². The largest absolute Gasteiger partial charge is 0.0807 e. The van der Waals surface area contributed by atoms with Crippen LogP contribution in [0.3, 0.4) is 0 Å². The van der Waals surface area contributed by atoms with Crippen molar-refractivity contribution in [1.29, 1.82) is 0 Å². The third-order valence-corrected chi connectivity index (χ3v) is 2.65. The minimum atomic E-state index is 0.325. The smallest absolute Gasteiger partial charge is 0.0106 e. The van der Waals surface area contributed by atoms with Gasteiger partial charge >= 0.3 is 0 Å². The highest BCUT2D eigenvalue weighted by Crippen LogP contribution is 2.31. The SMILES string of the molecule is CCC(C)(C)C1=CC=CCC=C1. The minimum absolute atomic E-state index is 0.325. The molecule has 0 spiro atoms. The van der Waals surface area contributed by atoms with Crippen LogP contribution in [0.5, 0.6) is 0 Å². The molecule has 0 heterocycles. The highest BCUT2D eigenvalue weighted by molar-refractivity contribution is 5.31. The van der Waals surface area contributed by atoms with Crippen molar-refractivity contribution < 1.29 is 0 Å². The van der Waals surface area contributed by atoms with E-state index in [4.69, 9.17) is 0 Å². The van der Waals surface area contributed by atoms with Crippen molar-refractivity contribution in [2.45, 2.75) is 33.6 Å². The molecule has 1 aliphatic rings. The molecule has 1 aliphatic carbocycles. The average molecular weight is 162 g/mol. The van der Waals surface area contributed by atoms with E-state index in [-0.39, 0.29) is 0 Å². The fraction of sp³-hybridized carbons (Fsp3) is 0.500. The van der Waals surface area contributed by atoms with E-state index in [2.05, 4.69) is 51.2 Å². The summed E-state index contributed by atoms with van der Waals surface area (Å²) in [7, 11) is 0. The molecule has 0 N–H and O–H groups in total. The minimum Gasteiger partial charge on any atom is -0.0807 e. The molecule has 0 fully saturated rings. The van der Waals surface area contributed by atoms with Gasteiger partial charge in [0, 0.05) is 0 Å². The average Bonchev–Trinajstić information content (AvgIpc) is 2.32. The van der Waals surface area contributed by atoms with E-state index in [1.54, 1.807) is 0 Å². The van der Waals surface area contributed by atoms with Gasteiger partial charge < -0.3 is 0 Å². The Balaban J connectivity index is 2.86. The summed E-state index contributed by atoms with van der Waals surface area (Å²) in [6, 6.07) is 0. The predicted molar refractivity (Wildman–Crippen MR) is 55.1 cm³/mol. The molecule has 12 heavy (non-hydrogen) atoms. The van der Waals surface area contributed by atoms with Gasteiger partial charge in [0.1, 0.15) is 0 Å². The number of hydrogen-bond acceptors (Lipinski definition) is 0. The first kappa shape index (κ1) is 9.31. The van der Waals surface area contributed by atoms with Crippen LogP contribution < -0.4 is 0 Å². The molecule has 0 radical (unpaired) electrons. The van der Waals surface area contributed by atoms with Gasteiger partial charge in [0.15, 0.2) is 0 Å². The van der Waals surface area contributed by atoms with Crippen molar-refractivity contribution in [3.8, 4) is 0 Å². The first-order chi connectivity index (χ1) is 5.67. The van der Waals surface area contributed by atoms with E-state index in [1.807, 2.05) is 0 Å². The van der Waals surface area contributed by atoms with Crippen LogP contribution in [0.4, 0.5) is 0 Å². The van der Waals surface area contributed by atoms with Gasteiger partial charge in [-0.05, 0) is 23.8 Å². The van der Waals surface area contributed by atoms with Gasteiger partial charge in [0.25, 0.3) is 0 Å². The normalized spacial score (nSPS) is 17.4. The molecule has 0 amide bonds. The summed E-state index contributed by atoms with van der Waals surface area (Å²) >= 11 is 0.